The van der Waals surface area contributed by atoms with Crippen molar-refractivity contribution in [1.29, 1.82) is 0 Å². The monoisotopic (exact) mass is 348 g/mol. The van der Waals surface area contributed by atoms with Crippen molar-refractivity contribution in [2.24, 2.45) is 5.41 Å². The molecule has 130 valence electrons. The first-order valence-electron chi connectivity index (χ1n) is 7.81. The second-order valence-electron chi connectivity index (χ2n) is 7.11. The van der Waals surface area contributed by atoms with Gasteiger partial charge in [-0.1, -0.05) is 51.1 Å². The Morgan fingerprint density at radius 2 is 1.71 bits per heavy atom. The van der Waals surface area contributed by atoms with E-state index in [0.29, 0.717) is 6.54 Å². The fourth-order valence-electron chi connectivity index (χ4n) is 2.21. The number of rotatable bonds is 5. The number of fused-ring (bicyclic) bond motifs is 1. The summed E-state index contributed by atoms with van der Waals surface area (Å²) in [5.74, 6) is -0.309. The van der Waals surface area contributed by atoms with Crippen molar-refractivity contribution >= 4 is 26.7 Å². The highest BCUT2D eigenvalue weighted by Gasteiger charge is 2.23. The molecule has 0 saturated heterocycles. The third-order valence-corrected chi connectivity index (χ3v) is 5.41. The Morgan fingerprint density at radius 3 is 2.33 bits per heavy atom. The molecule has 5 nitrogen and oxygen atoms in total. The molecule has 0 aliphatic rings. The number of nitrogens with one attached hydrogen (secondary N) is 1. The minimum Gasteiger partial charge on any atom is -0.354 e. The molecule has 0 aliphatic heterocycles. The predicted molar refractivity (Wildman–Crippen MR) is 96.2 cm³/mol. The summed E-state index contributed by atoms with van der Waals surface area (Å²) >= 11 is 0. The minimum atomic E-state index is -3.71. The molecule has 0 heterocycles. The first kappa shape index (κ1) is 18.4. The Morgan fingerprint density at radius 1 is 1.08 bits per heavy atom. The van der Waals surface area contributed by atoms with Gasteiger partial charge in [-0.3, -0.25) is 4.79 Å². The van der Waals surface area contributed by atoms with E-state index in [4.69, 9.17) is 0 Å². The number of hydrogen-bond donors (Lipinski definition) is 1. The van der Waals surface area contributed by atoms with Crippen LogP contribution < -0.4 is 5.32 Å². The molecule has 2 rings (SSSR count). The van der Waals surface area contributed by atoms with Crippen molar-refractivity contribution in [2.45, 2.75) is 25.7 Å². The predicted octanol–water partition coefficient (Wildman–Crippen LogP) is 2.62. The number of amides is 1. The molecule has 6 heteroatoms. The van der Waals surface area contributed by atoms with Gasteiger partial charge in [0.25, 0.3) is 0 Å². The van der Waals surface area contributed by atoms with E-state index in [1.54, 1.807) is 18.2 Å². The van der Waals surface area contributed by atoms with Crippen LogP contribution in [0.5, 0.6) is 0 Å². The van der Waals surface area contributed by atoms with Crippen molar-refractivity contribution in [3.63, 3.8) is 0 Å². The van der Waals surface area contributed by atoms with E-state index < -0.39 is 10.0 Å². The van der Waals surface area contributed by atoms with Crippen LogP contribution in [-0.4, -0.2) is 38.8 Å². The van der Waals surface area contributed by atoms with Gasteiger partial charge >= 0.3 is 0 Å². The second-order valence-corrected chi connectivity index (χ2v) is 9.15. The topological polar surface area (TPSA) is 66.5 Å². The van der Waals surface area contributed by atoms with Gasteiger partial charge in [0.1, 0.15) is 0 Å². The Labute approximate surface area is 143 Å². The number of benzene rings is 2. The van der Waals surface area contributed by atoms with Crippen LogP contribution in [0.4, 0.5) is 0 Å². The highest BCUT2D eigenvalue weighted by molar-refractivity contribution is 7.89. The summed E-state index contributed by atoms with van der Waals surface area (Å²) in [6, 6.07) is 12.5. The lowest BCUT2D eigenvalue weighted by Gasteiger charge is -2.21. The number of hydrogen-bond acceptors (Lipinski definition) is 3. The first-order valence-corrected chi connectivity index (χ1v) is 9.25. The zero-order chi connectivity index (χ0) is 18.0. The summed E-state index contributed by atoms with van der Waals surface area (Å²) < 4.78 is 26.4. The summed E-state index contributed by atoms with van der Waals surface area (Å²) in [5, 5.41) is 4.59. The third-order valence-electron chi connectivity index (χ3n) is 3.61. The van der Waals surface area contributed by atoms with Crippen molar-refractivity contribution in [2.75, 3.05) is 20.1 Å². The van der Waals surface area contributed by atoms with Crippen molar-refractivity contribution in [1.82, 2.24) is 9.62 Å². The number of nitrogens with zero attached hydrogens (tertiary/aromatic N) is 1. The molecular formula is C18H24N2O3S. The molecule has 0 fully saturated rings. The molecule has 0 unspecified atom stereocenters. The van der Waals surface area contributed by atoms with E-state index >= 15 is 0 Å². The Bertz CT molecular complexity index is 839. The van der Waals surface area contributed by atoms with Crippen LogP contribution in [0.25, 0.3) is 10.8 Å². The van der Waals surface area contributed by atoms with Gasteiger partial charge in [0.2, 0.25) is 15.9 Å². The molecular weight excluding hydrogens is 324 g/mol. The Balaban J connectivity index is 2.14. The van der Waals surface area contributed by atoms with Gasteiger partial charge in [-0.05, 0) is 28.3 Å². The standard InChI is InChI=1S/C18H24N2O3S/c1-18(2,3)13-19-17(21)12-20(4)24(22,23)16-10-9-14-7-5-6-8-15(14)11-16/h5-11H,12-13H2,1-4H3,(H,19,21). The maximum Gasteiger partial charge on any atom is 0.243 e. The SMILES string of the molecule is CN(CC(=O)NCC(C)(C)C)S(=O)(=O)c1ccc2ccccc2c1. The first-order chi connectivity index (χ1) is 11.1. The molecule has 0 saturated carbocycles. The lowest BCUT2D eigenvalue weighted by atomic mass is 9.97. The summed E-state index contributed by atoms with van der Waals surface area (Å²) in [6.07, 6.45) is 0. The van der Waals surface area contributed by atoms with E-state index in [9.17, 15) is 13.2 Å². The maximum atomic E-state index is 12.7. The van der Waals surface area contributed by atoms with Crippen LogP contribution >= 0.6 is 0 Å². The molecule has 2 aromatic carbocycles. The normalized spacial score (nSPS) is 12.5. The fourth-order valence-corrected chi connectivity index (χ4v) is 3.38. The van der Waals surface area contributed by atoms with Gasteiger partial charge in [-0.15, -0.1) is 0 Å². The highest BCUT2D eigenvalue weighted by atomic mass is 32.2. The minimum absolute atomic E-state index is 0.0501. The molecule has 0 atom stereocenters. The van der Waals surface area contributed by atoms with E-state index in [-0.39, 0.29) is 22.8 Å². The quantitative estimate of drug-likeness (QED) is 0.903. The molecule has 0 aromatic heterocycles. The zero-order valence-corrected chi connectivity index (χ0v) is 15.4. The van der Waals surface area contributed by atoms with Crippen LogP contribution in [-0.2, 0) is 14.8 Å². The smallest absolute Gasteiger partial charge is 0.243 e. The molecule has 24 heavy (non-hydrogen) atoms. The molecule has 0 aliphatic carbocycles. The number of carbonyl (C=O) groups is 1. The second kappa shape index (κ2) is 6.91. The van der Waals surface area contributed by atoms with Gasteiger partial charge in [-0.25, -0.2) is 8.42 Å². The lowest BCUT2D eigenvalue weighted by molar-refractivity contribution is -0.121. The van der Waals surface area contributed by atoms with Crippen molar-refractivity contribution in [3.8, 4) is 0 Å². The van der Waals surface area contributed by atoms with Crippen LogP contribution in [0, 0.1) is 5.41 Å². The van der Waals surface area contributed by atoms with E-state index in [1.165, 1.54) is 7.05 Å². The number of likely N-dealkylation sites (N-methyl/N-ethyl adjacent to an activating group) is 1. The lowest BCUT2D eigenvalue weighted by Crippen LogP contribution is -2.41. The van der Waals surface area contributed by atoms with Gasteiger partial charge in [0.05, 0.1) is 11.4 Å². The summed E-state index contributed by atoms with van der Waals surface area (Å²) in [4.78, 5) is 12.2. The van der Waals surface area contributed by atoms with Crippen LogP contribution in [0.2, 0.25) is 0 Å². The van der Waals surface area contributed by atoms with Crippen LogP contribution in [0.3, 0.4) is 0 Å². The van der Waals surface area contributed by atoms with E-state index in [0.717, 1.165) is 15.1 Å². The average molecular weight is 348 g/mol. The van der Waals surface area contributed by atoms with Crippen molar-refractivity contribution < 1.29 is 13.2 Å². The Kier molecular flexibility index (Phi) is 5.30. The highest BCUT2D eigenvalue weighted by Crippen LogP contribution is 2.21. The largest absolute Gasteiger partial charge is 0.354 e. The van der Waals surface area contributed by atoms with Crippen LogP contribution in [0.15, 0.2) is 47.4 Å². The fraction of sp³-hybridized carbons (Fsp3) is 0.389. The summed E-state index contributed by atoms with van der Waals surface area (Å²) in [5.41, 5.74) is -0.0501. The molecule has 0 spiro atoms. The third kappa shape index (κ3) is 4.55. The van der Waals surface area contributed by atoms with Crippen LogP contribution in [0.1, 0.15) is 20.8 Å². The van der Waals surface area contributed by atoms with Gasteiger partial charge in [0, 0.05) is 13.6 Å². The van der Waals surface area contributed by atoms with Gasteiger partial charge in [-0.2, -0.15) is 4.31 Å². The molecule has 1 amide bonds. The van der Waals surface area contributed by atoms with Gasteiger partial charge in [0.15, 0.2) is 0 Å². The van der Waals surface area contributed by atoms with Gasteiger partial charge < -0.3 is 5.32 Å². The Hall–Kier alpha value is -1.92. The molecule has 1 N–H and O–H groups in total. The summed E-state index contributed by atoms with van der Waals surface area (Å²) in [6.45, 7) is 6.30. The van der Waals surface area contributed by atoms with E-state index in [2.05, 4.69) is 5.32 Å². The van der Waals surface area contributed by atoms with Crippen molar-refractivity contribution in [3.05, 3.63) is 42.5 Å². The zero-order valence-electron chi connectivity index (χ0n) is 14.5. The maximum absolute atomic E-state index is 12.7. The average Bonchev–Trinajstić information content (AvgIpc) is 2.51. The summed E-state index contributed by atoms with van der Waals surface area (Å²) in [7, 11) is -2.29. The molecule has 0 bridgehead atoms. The van der Waals surface area contributed by atoms with E-state index in [1.807, 2.05) is 45.0 Å². The molecule has 2 aromatic rings. The number of carbonyl (C=O) groups excluding carboxylic acids is 1. The number of sulfonamides is 1. The molecule has 0 radical (unpaired) electrons.